The Hall–Kier alpha value is -2.10. The molecule has 0 amide bonds. The van der Waals surface area contributed by atoms with Crippen LogP contribution in [-0.2, 0) is 13.0 Å². The third kappa shape index (κ3) is 2.03. The average Bonchev–Trinajstić information content (AvgIpc) is 2.85. The minimum absolute atomic E-state index is 0.673. The third-order valence-electron chi connectivity index (χ3n) is 3.60. The van der Waals surface area contributed by atoms with Crippen molar-refractivity contribution in [1.82, 2.24) is 9.55 Å². The summed E-state index contributed by atoms with van der Waals surface area (Å²) < 4.78 is 1.97. The number of carbonyl (C=O) groups excluding carboxylic acids is 1. The summed E-state index contributed by atoms with van der Waals surface area (Å²) in [5.74, 6) is 0.808. The predicted molar refractivity (Wildman–Crippen MR) is 75.5 cm³/mol. The van der Waals surface area contributed by atoms with E-state index in [2.05, 4.69) is 29.4 Å². The lowest BCUT2D eigenvalue weighted by molar-refractivity contribution is 0.111. The van der Waals surface area contributed by atoms with Crippen molar-refractivity contribution < 1.29 is 4.79 Å². The Morgan fingerprint density at radius 2 is 2.16 bits per heavy atom. The summed E-state index contributed by atoms with van der Waals surface area (Å²) in [7, 11) is 0. The normalized spacial score (nSPS) is 13.7. The molecule has 1 aromatic heterocycles. The van der Waals surface area contributed by atoms with Crippen LogP contribution in [0.2, 0.25) is 0 Å². The molecule has 2 heterocycles. The molecule has 1 aromatic carbocycles. The fraction of sp³-hybridized carbons (Fsp3) is 0.333. The van der Waals surface area contributed by atoms with Gasteiger partial charge >= 0.3 is 0 Å². The van der Waals surface area contributed by atoms with Crippen LogP contribution < -0.4 is 5.32 Å². The van der Waals surface area contributed by atoms with Crippen LogP contribution in [0, 0.1) is 0 Å². The first-order valence-corrected chi connectivity index (χ1v) is 6.72. The highest BCUT2D eigenvalue weighted by Gasteiger charge is 2.19. The van der Waals surface area contributed by atoms with E-state index < -0.39 is 0 Å². The lowest BCUT2D eigenvalue weighted by atomic mass is 10.1. The van der Waals surface area contributed by atoms with Gasteiger partial charge in [0.05, 0.1) is 0 Å². The van der Waals surface area contributed by atoms with Crippen LogP contribution in [0.5, 0.6) is 0 Å². The summed E-state index contributed by atoms with van der Waals surface area (Å²) in [5.41, 5.74) is 3.75. The molecule has 1 aliphatic heterocycles. The minimum atomic E-state index is 0.673. The minimum Gasteiger partial charge on any atom is -0.356 e. The zero-order valence-electron chi connectivity index (χ0n) is 11.0. The monoisotopic (exact) mass is 255 g/mol. The second-order valence-corrected chi connectivity index (χ2v) is 4.77. The molecule has 0 saturated carbocycles. The maximum Gasteiger partial charge on any atom is 0.203 e. The fourth-order valence-corrected chi connectivity index (χ4v) is 2.49. The van der Waals surface area contributed by atoms with Crippen molar-refractivity contribution in [3.8, 4) is 11.3 Å². The number of aromatic nitrogens is 2. The molecular formula is C15H17N3O. The summed E-state index contributed by atoms with van der Waals surface area (Å²) in [4.78, 5) is 15.9. The van der Waals surface area contributed by atoms with Gasteiger partial charge in [0.2, 0.25) is 5.95 Å². The number of anilines is 1. The molecule has 0 aliphatic carbocycles. The van der Waals surface area contributed by atoms with E-state index in [1.165, 1.54) is 5.56 Å². The molecule has 0 bridgehead atoms. The molecule has 1 aliphatic rings. The second kappa shape index (κ2) is 4.88. The Labute approximate surface area is 112 Å². The van der Waals surface area contributed by atoms with Gasteiger partial charge in [-0.1, -0.05) is 31.2 Å². The van der Waals surface area contributed by atoms with E-state index in [0.29, 0.717) is 5.69 Å². The van der Waals surface area contributed by atoms with Crippen LogP contribution >= 0.6 is 0 Å². The number of hydrogen-bond donors (Lipinski definition) is 1. The van der Waals surface area contributed by atoms with Gasteiger partial charge in [-0.25, -0.2) is 4.98 Å². The van der Waals surface area contributed by atoms with Crippen molar-refractivity contribution in [2.45, 2.75) is 26.3 Å². The molecule has 19 heavy (non-hydrogen) atoms. The zero-order valence-corrected chi connectivity index (χ0v) is 11.0. The molecule has 0 unspecified atom stereocenters. The number of nitrogens with one attached hydrogen (secondary N) is 1. The first-order chi connectivity index (χ1) is 9.33. The van der Waals surface area contributed by atoms with Crippen molar-refractivity contribution in [3.63, 3.8) is 0 Å². The Morgan fingerprint density at radius 3 is 2.84 bits per heavy atom. The van der Waals surface area contributed by atoms with Crippen LogP contribution in [0.15, 0.2) is 24.3 Å². The van der Waals surface area contributed by atoms with Crippen LogP contribution in [0.25, 0.3) is 11.3 Å². The van der Waals surface area contributed by atoms with E-state index in [-0.39, 0.29) is 0 Å². The highest BCUT2D eigenvalue weighted by atomic mass is 16.1. The van der Waals surface area contributed by atoms with Gasteiger partial charge in [0, 0.05) is 18.7 Å². The van der Waals surface area contributed by atoms with Gasteiger partial charge in [-0.2, -0.15) is 0 Å². The Kier molecular flexibility index (Phi) is 3.07. The van der Waals surface area contributed by atoms with Crippen molar-refractivity contribution in [2.24, 2.45) is 0 Å². The molecule has 4 heteroatoms. The van der Waals surface area contributed by atoms with Gasteiger partial charge in [0.25, 0.3) is 0 Å². The number of imidazole rings is 1. The quantitative estimate of drug-likeness (QED) is 0.858. The average molecular weight is 255 g/mol. The Bertz CT molecular complexity index is 599. The third-order valence-corrected chi connectivity index (χ3v) is 3.60. The Balaban J connectivity index is 2.08. The molecule has 1 N–H and O–H groups in total. The number of aryl methyl sites for hydroxylation is 1. The number of hydrogen-bond acceptors (Lipinski definition) is 3. The Morgan fingerprint density at radius 1 is 1.37 bits per heavy atom. The molecule has 98 valence electrons. The molecule has 0 spiro atoms. The summed E-state index contributed by atoms with van der Waals surface area (Å²) >= 11 is 0. The van der Waals surface area contributed by atoms with E-state index in [1.54, 1.807) is 0 Å². The predicted octanol–water partition coefficient (Wildman–Crippen LogP) is 2.74. The van der Waals surface area contributed by atoms with E-state index in [0.717, 1.165) is 49.4 Å². The standard InChI is InChI=1S/C15H17N3O/c1-2-11-4-6-12(7-5-11)14-13(10-19)18-9-3-8-16-15(18)17-14/h4-7,10H,2-3,8-9H2,1H3,(H,16,17). The van der Waals surface area contributed by atoms with Crippen LogP contribution in [0.1, 0.15) is 29.4 Å². The number of carbonyl (C=O) groups is 1. The highest BCUT2D eigenvalue weighted by Crippen LogP contribution is 2.27. The zero-order chi connectivity index (χ0) is 13.2. The van der Waals surface area contributed by atoms with Gasteiger partial charge in [-0.15, -0.1) is 0 Å². The van der Waals surface area contributed by atoms with Gasteiger partial charge < -0.3 is 9.88 Å². The maximum absolute atomic E-state index is 11.4. The van der Waals surface area contributed by atoms with Crippen LogP contribution in [0.4, 0.5) is 5.95 Å². The fourth-order valence-electron chi connectivity index (χ4n) is 2.49. The van der Waals surface area contributed by atoms with Crippen LogP contribution in [0.3, 0.4) is 0 Å². The molecule has 4 nitrogen and oxygen atoms in total. The molecule has 0 fully saturated rings. The molecule has 0 atom stereocenters. The molecule has 3 rings (SSSR count). The topological polar surface area (TPSA) is 46.9 Å². The van der Waals surface area contributed by atoms with Gasteiger partial charge in [0.15, 0.2) is 6.29 Å². The van der Waals surface area contributed by atoms with Crippen molar-refractivity contribution in [3.05, 3.63) is 35.5 Å². The summed E-state index contributed by atoms with van der Waals surface area (Å²) in [5, 5.41) is 3.24. The van der Waals surface area contributed by atoms with Gasteiger partial charge in [0.1, 0.15) is 11.4 Å². The molecular weight excluding hydrogens is 238 g/mol. The van der Waals surface area contributed by atoms with Gasteiger partial charge in [-0.05, 0) is 18.4 Å². The second-order valence-electron chi connectivity index (χ2n) is 4.77. The van der Waals surface area contributed by atoms with Crippen molar-refractivity contribution >= 4 is 12.2 Å². The molecule has 2 aromatic rings. The molecule has 0 radical (unpaired) electrons. The lowest BCUT2D eigenvalue weighted by Gasteiger charge is -2.15. The SMILES string of the molecule is CCc1ccc(-c2nc3n(c2C=O)CCCN3)cc1. The first-order valence-electron chi connectivity index (χ1n) is 6.72. The smallest absolute Gasteiger partial charge is 0.203 e. The van der Waals surface area contributed by atoms with Crippen molar-refractivity contribution in [2.75, 3.05) is 11.9 Å². The van der Waals surface area contributed by atoms with Crippen molar-refractivity contribution in [1.29, 1.82) is 0 Å². The van der Waals surface area contributed by atoms with E-state index in [1.807, 2.05) is 16.7 Å². The maximum atomic E-state index is 11.4. The largest absolute Gasteiger partial charge is 0.356 e. The van der Waals surface area contributed by atoms with E-state index in [9.17, 15) is 4.79 Å². The van der Waals surface area contributed by atoms with E-state index >= 15 is 0 Å². The summed E-state index contributed by atoms with van der Waals surface area (Å²) in [6, 6.07) is 8.27. The highest BCUT2D eigenvalue weighted by molar-refractivity contribution is 5.85. The number of rotatable bonds is 3. The van der Waals surface area contributed by atoms with Gasteiger partial charge in [-0.3, -0.25) is 4.79 Å². The van der Waals surface area contributed by atoms with Crippen LogP contribution in [-0.4, -0.2) is 22.4 Å². The number of nitrogens with zero attached hydrogens (tertiary/aromatic N) is 2. The number of benzene rings is 1. The first kappa shape index (κ1) is 12.0. The lowest BCUT2D eigenvalue weighted by Crippen LogP contribution is -2.18. The number of aldehydes is 1. The van der Waals surface area contributed by atoms with E-state index in [4.69, 9.17) is 0 Å². The number of fused-ring (bicyclic) bond motifs is 1. The summed E-state index contributed by atoms with van der Waals surface area (Å²) in [6.45, 7) is 3.91. The molecule has 0 saturated heterocycles. The summed E-state index contributed by atoms with van der Waals surface area (Å²) in [6.07, 6.45) is 2.95.